The normalized spacial score (nSPS) is 16.2. The zero-order valence-corrected chi connectivity index (χ0v) is 28.7. The molecule has 0 aliphatic carbocycles. The van der Waals surface area contributed by atoms with Gasteiger partial charge in [-0.2, -0.15) is 0 Å². The number of carbonyl (C=O) groups is 7. The van der Waals surface area contributed by atoms with Crippen molar-refractivity contribution in [1.82, 2.24) is 31.2 Å². The number of carboxylic acids is 1. The van der Waals surface area contributed by atoms with Crippen molar-refractivity contribution in [2.75, 3.05) is 19.7 Å². The smallest absolute Gasteiger partial charge is 0.326 e. The van der Waals surface area contributed by atoms with Crippen molar-refractivity contribution >= 4 is 52.3 Å². The molecule has 0 spiro atoms. The molecule has 18 nitrogen and oxygen atoms in total. The van der Waals surface area contributed by atoms with Crippen LogP contribution in [0.15, 0.2) is 54.7 Å². The zero-order valence-electron chi connectivity index (χ0n) is 28.7. The molecule has 3 aromatic rings. The number of fused-ring (bicyclic) bond motifs is 1. The van der Waals surface area contributed by atoms with Crippen LogP contribution in [-0.4, -0.2) is 117 Å². The van der Waals surface area contributed by atoms with Crippen LogP contribution in [-0.2, 0) is 46.4 Å². The number of para-hydroxylation sites is 1. The second kappa shape index (κ2) is 18.5. The van der Waals surface area contributed by atoms with Gasteiger partial charge < -0.3 is 57.9 Å². The SMILES string of the molecule is NC(=O)CC[C@H](N)C(=O)NCC(=O)N1CCC[C@H]1C(=O)N[C@@H](CO)C(=O)N[C@@H](Cc1ccc(O)cc1)C(=O)N[C@@H](Cc1c[nH]c2ccccc12)C(=O)O. The fourth-order valence-electron chi connectivity index (χ4n) is 5.97. The fourth-order valence-corrected chi connectivity index (χ4v) is 5.97. The molecule has 5 atom stereocenters. The van der Waals surface area contributed by atoms with Crippen molar-refractivity contribution in [2.24, 2.45) is 11.5 Å². The maximum Gasteiger partial charge on any atom is 0.326 e. The molecule has 0 radical (unpaired) electrons. The number of hydrogen-bond donors (Lipinski definition) is 10. The largest absolute Gasteiger partial charge is 0.508 e. The Hall–Kier alpha value is -6.01. The molecule has 0 bridgehead atoms. The summed E-state index contributed by atoms with van der Waals surface area (Å²) in [6, 6.07) is 6.55. The van der Waals surface area contributed by atoms with E-state index in [0.717, 1.165) is 10.9 Å². The summed E-state index contributed by atoms with van der Waals surface area (Å²) in [5.41, 5.74) is 12.7. The minimum absolute atomic E-state index is 0.0165. The first-order valence-electron chi connectivity index (χ1n) is 17.0. The number of aliphatic carboxylic acids is 1. The van der Waals surface area contributed by atoms with Gasteiger partial charge in [0, 0.05) is 42.9 Å². The van der Waals surface area contributed by atoms with E-state index in [1.54, 1.807) is 12.3 Å². The average Bonchev–Trinajstić information content (AvgIpc) is 3.80. The van der Waals surface area contributed by atoms with Gasteiger partial charge in [-0.3, -0.25) is 28.8 Å². The number of nitrogens with two attached hydrogens (primary N) is 2. The first-order chi connectivity index (χ1) is 25.3. The predicted octanol–water partition coefficient (Wildman–Crippen LogP) is -2.11. The molecule has 0 saturated carbocycles. The molecule has 2 heterocycles. The molecule has 1 aliphatic rings. The maximum atomic E-state index is 13.6. The summed E-state index contributed by atoms with van der Waals surface area (Å²) in [6.45, 7) is -1.19. The molecule has 1 aliphatic heterocycles. The van der Waals surface area contributed by atoms with E-state index in [0.29, 0.717) is 17.5 Å². The van der Waals surface area contributed by atoms with Gasteiger partial charge in [-0.05, 0) is 48.6 Å². The summed E-state index contributed by atoms with van der Waals surface area (Å²) in [5.74, 6) is -5.87. The molecule has 1 fully saturated rings. The maximum absolute atomic E-state index is 13.6. The monoisotopic (exact) mass is 736 g/mol. The molecule has 4 rings (SSSR count). The third-order valence-corrected chi connectivity index (χ3v) is 8.87. The van der Waals surface area contributed by atoms with Crippen molar-refractivity contribution < 1.29 is 48.9 Å². The van der Waals surface area contributed by atoms with Crippen LogP contribution in [0.3, 0.4) is 0 Å². The Morgan fingerprint density at radius 1 is 0.887 bits per heavy atom. The second-order valence-corrected chi connectivity index (χ2v) is 12.7. The van der Waals surface area contributed by atoms with Crippen LogP contribution in [0, 0.1) is 0 Å². The van der Waals surface area contributed by atoms with E-state index < -0.39 is 84.8 Å². The first-order valence-corrected chi connectivity index (χ1v) is 17.0. The Morgan fingerprint density at radius 2 is 1.57 bits per heavy atom. The Labute approximate surface area is 303 Å². The first kappa shape index (κ1) is 39.8. The molecule has 1 saturated heterocycles. The molecule has 1 aromatic heterocycles. The highest BCUT2D eigenvalue weighted by atomic mass is 16.4. The Bertz CT molecular complexity index is 1810. The van der Waals surface area contributed by atoms with Crippen LogP contribution >= 0.6 is 0 Å². The number of likely N-dealkylation sites (tertiary alicyclic amines) is 1. The summed E-state index contributed by atoms with van der Waals surface area (Å²) in [5, 5.41) is 40.4. The van der Waals surface area contributed by atoms with Gasteiger partial charge >= 0.3 is 5.97 Å². The number of nitrogens with zero attached hydrogens (tertiary/aromatic N) is 1. The number of phenols is 1. The Morgan fingerprint density at radius 3 is 2.25 bits per heavy atom. The second-order valence-electron chi connectivity index (χ2n) is 12.7. The van der Waals surface area contributed by atoms with E-state index in [9.17, 15) is 48.9 Å². The molecule has 12 N–H and O–H groups in total. The van der Waals surface area contributed by atoms with E-state index in [4.69, 9.17) is 11.5 Å². The van der Waals surface area contributed by atoms with Crippen LogP contribution in [0.25, 0.3) is 10.9 Å². The van der Waals surface area contributed by atoms with Crippen molar-refractivity contribution in [3.63, 3.8) is 0 Å². The van der Waals surface area contributed by atoms with Gasteiger partial charge in [0.1, 0.15) is 29.9 Å². The average molecular weight is 737 g/mol. The van der Waals surface area contributed by atoms with Crippen molar-refractivity contribution in [2.45, 2.75) is 68.7 Å². The number of rotatable bonds is 18. The summed E-state index contributed by atoms with van der Waals surface area (Å²) in [4.78, 5) is 93.1. The van der Waals surface area contributed by atoms with Gasteiger partial charge in [0.05, 0.1) is 19.2 Å². The molecular weight excluding hydrogens is 692 g/mol. The Kier molecular flexibility index (Phi) is 13.9. The van der Waals surface area contributed by atoms with Crippen LogP contribution in [0.2, 0.25) is 0 Å². The molecule has 0 unspecified atom stereocenters. The number of phenolic OH excluding ortho intramolecular Hbond substituents is 1. The summed E-state index contributed by atoms with van der Waals surface area (Å²) in [6.07, 6.45) is 1.95. The highest BCUT2D eigenvalue weighted by molar-refractivity contribution is 5.96. The van der Waals surface area contributed by atoms with E-state index >= 15 is 0 Å². The Balaban J connectivity index is 1.42. The number of benzene rings is 2. The number of aromatic hydroxyl groups is 1. The predicted molar refractivity (Wildman–Crippen MR) is 188 cm³/mol. The number of amides is 6. The number of aliphatic hydroxyl groups is 1. The van der Waals surface area contributed by atoms with Gasteiger partial charge in [0.2, 0.25) is 35.4 Å². The standard InChI is InChI=1S/C35H44N8O10/c36-23(11-12-29(37)46)31(48)39-17-30(47)43-13-3-6-28(43)34(51)42-27(18-44)33(50)40-25(14-19-7-9-21(45)10-8-19)32(49)41-26(35(52)53)15-20-16-38-24-5-2-1-4-22(20)24/h1-2,4-5,7-10,16,23,25-28,38,44-45H,3,6,11-15,17-18,36H2,(H2,37,46)(H,39,48)(H,40,50)(H,41,49)(H,42,51)(H,52,53)/t23-,25-,26-,27-,28-/m0/s1. The number of H-pyrrole nitrogens is 1. The summed E-state index contributed by atoms with van der Waals surface area (Å²) >= 11 is 0. The van der Waals surface area contributed by atoms with E-state index in [-0.39, 0.29) is 44.4 Å². The van der Waals surface area contributed by atoms with Gasteiger partial charge in [0.25, 0.3) is 0 Å². The summed E-state index contributed by atoms with van der Waals surface area (Å²) < 4.78 is 0. The van der Waals surface area contributed by atoms with E-state index in [1.807, 2.05) is 18.2 Å². The van der Waals surface area contributed by atoms with Crippen LogP contribution in [0.1, 0.15) is 36.8 Å². The number of primary amides is 1. The number of aliphatic hydroxyl groups excluding tert-OH is 1. The van der Waals surface area contributed by atoms with Crippen molar-refractivity contribution in [3.05, 3.63) is 65.9 Å². The molecule has 18 heteroatoms. The molecule has 6 amide bonds. The van der Waals surface area contributed by atoms with Crippen molar-refractivity contribution in [1.29, 1.82) is 0 Å². The highest BCUT2D eigenvalue weighted by Gasteiger charge is 2.37. The van der Waals surface area contributed by atoms with Crippen molar-refractivity contribution in [3.8, 4) is 5.75 Å². The molecular formula is C35H44N8O10. The minimum Gasteiger partial charge on any atom is -0.508 e. The lowest BCUT2D eigenvalue weighted by molar-refractivity contribution is -0.142. The van der Waals surface area contributed by atoms with E-state index in [2.05, 4.69) is 26.3 Å². The summed E-state index contributed by atoms with van der Waals surface area (Å²) in [7, 11) is 0. The quantitative estimate of drug-likeness (QED) is 0.0674. The number of nitrogens with one attached hydrogen (secondary N) is 5. The molecule has 53 heavy (non-hydrogen) atoms. The van der Waals surface area contributed by atoms with Crippen LogP contribution in [0.5, 0.6) is 5.75 Å². The minimum atomic E-state index is -1.57. The van der Waals surface area contributed by atoms with Gasteiger partial charge in [0.15, 0.2) is 0 Å². The van der Waals surface area contributed by atoms with Crippen LogP contribution < -0.4 is 32.7 Å². The topological polar surface area (TPSA) is 299 Å². The number of carboxylic acid groups (broad SMARTS) is 1. The number of hydrogen-bond acceptors (Lipinski definition) is 10. The van der Waals surface area contributed by atoms with Gasteiger partial charge in [-0.1, -0.05) is 30.3 Å². The third kappa shape index (κ3) is 11.0. The van der Waals surface area contributed by atoms with E-state index in [1.165, 1.54) is 29.2 Å². The van der Waals surface area contributed by atoms with Gasteiger partial charge in [-0.15, -0.1) is 0 Å². The van der Waals surface area contributed by atoms with Crippen LogP contribution in [0.4, 0.5) is 0 Å². The number of carbonyl (C=O) groups excluding carboxylic acids is 6. The lowest BCUT2D eigenvalue weighted by Gasteiger charge is -2.27. The zero-order chi connectivity index (χ0) is 38.7. The van der Waals surface area contributed by atoms with Gasteiger partial charge in [-0.25, -0.2) is 4.79 Å². The third-order valence-electron chi connectivity index (χ3n) is 8.87. The fraction of sp³-hybridized carbons (Fsp3) is 0.400. The molecule has 2 aromatic carbocycles. The molecule has 284 valence electrons. The number of aromatic amines is 1. The number of aromatic nitrogens is 1. The highest BCUT2D eigenvalue weighted by Crippen LogP contribution is 2.20. The lowest BCUT2D eigenvalue weighted by Crippen LogP contribution is -2.59. The lowest BCUT2D eigenvalue weighted by atomic mass is 10.0.